The zero-order valence-corrected chi connectivity index (χ0v) is 12.8. The summed E-state index contributed by atoms with van der Waals surface area (Å²) in [5.41, 5.74) is 0.827. The lowest BCUT2D eigenvalue weighted by Gasteiger charge is -2.18. The van der Waals surface area contributed by atoms with E-state index in [4.69, 9.17) is 4.74 Å². The van der Waals surface area contributed by atoms with E-state index in [1.165, 1.54) is 4.31 Å². The van der Waals surface area contributed by atoms with Gasteiger partial charge in [0.15, 0.2) is 0 Å². The number of hydrogen-bond acceptors (Lipinski definition) is 3. The molecule has 0 unspecified atom stereocenters. The topological polar surface area (TPSA) is 49.9 Å². The molecule has 0 radical (unpaired) electrons. The summed E-state index contributed by atoms with van der Waals surface area (Å²) in [6, 6.07) is 5.27. The van der Waals surface area contributed by atoms with Gasteiger partial charge in [-0.15, -0.1) is 0 Å². The maximum absolute atomic E-state index is 12.4. The molecular weight excluding hydrogens is 318 g/mol. The van der Waals surface area contributed by atoms with E-state index in [1.54, 1.807) is 19.2 Å². The minimum absolute atomic E-state index is 0.0605. The first-order valence-electron chi connectivity index (χ1n) is 5.81. The average Bonchev–Trinajstić information content (AvgIpc) is 3.12. The summed E-state index contributed by atoms with van der Waals surface area (Å²) in [6.07, 6.45) is 0.743. The van der Waals surface area contributed by atoms with Crippen LogP contribution in [0.15, 0.2) is 27.6 Å². The molecule has 0 aliphatic carbocycles. The van der Waals surface area contributed by atoms with E-state index >= 15 is 0 Å². The normalized spacial score (nSPS) is 19.2. The number of rotatable bonds is 5. The van der Waals surface area contributed by atoms with Gasteiger partial charge in [0.05, 0.1) is 17.6 Å². The van der Waals surface area contributed by atoms with Crippen molar-refractivity contribution in [3.8, 4) is 0 Å². The molecule has 18 heavy (non-hydrogen) atoms. The lowest BCUT2D eigenvalue weighted by atomic mass is 10.2. The smallest absolute Gasteiger partial charge is 0.243 e. The van der Waals surface area contributed by atoms with Crippen molar-refractivity contribution in [3.63, 3.8) is 0 Å². The SMILES string of the molecule is CCc1cc(Br)ccc1S(=O)(=O)N(C)C[C@H]1CO1. The highest BCUT2D eigenvalue weighted by molar-refractivity contribution is 9.10. The Morgan fingerprint density at radius 1 is 1.50 bits per heavy atom. The van der Waals surface area contributed by atoms with Crippen LogP contribution in [0.2, 0.25) is 0 Å². The van der Waals surface area contributed by atoms with Gasteiger partial charge in [0.1, 0.15) is 0 Å². The molecule has 1 aromatic carbocycles. The second-order valence-electron chi connectivity index (χ2n) is 4.35. The van der Waals surface area contributed by atoms with Crippen LogP contribution in [0.25, 0.3) is 0 Å². The van der Waals surface area contributed by atoms with Crippen molar-refractivity contribution < 1.29 is 13.2 Å². The number of nitrogens with zero attached hydrogens (tertiary/aromatic N) is 1. The summed E-state index contributed by atoms with van der Waals surface area (Å²) < 4.78 is 32.2. The molecule has 100 valence electrons. The molecule has 1 fully saturated rings. The molecular formula is C12H16BrNO3S. The van der Waals surface area contributed by atoms with Gasteiger partial charge >= 0.3 is 0 Å². The third-order valence-electron chi connectivity index (χ3n) is 2.95. The van der Waals surface area contributed by atoms with Gasteiger partial charge in [-0.2, -0.15) is 4.31 Å². The first-order chi connectivity index (χ1) is 8.45. The predicted octanol–water partition coefficient (Wildman–Crippen LogP) is 2.03. The zero-order chi connectivity index (χ0) is 13.3. The van der Waals surface area contributed by atoms with Crippen LogP contribution in [0.4, 0.5) is 0 Å². The number of benzene rings is 1. The van der Waals surface area contributed by atoms with Gasteiger partial charge in [-0.05, 0) is 30.2 Å². The number of ether oxygens (including phenoxy) is 1. The predicted molar refractivity (Wildman–Crippen MR) is 73.1 cm³/mol. The van der Waals surface area contributed by atoms with E-state index < -0.39 is 10.0 Å². The molecule has 1 aliphatic heterocycles. The van der Waals surface area contributed by atoms with Crippen LogP contribution in [0, 0.1) is 0 Å². The fraction of sp³-hybridized carbons (Fsp3) is 0.500. The number of halogens is 1. The Balaban J connectivity index is 2.33. The van der Waals surface area contributed by atoms with Crippen LogP contribution in [0.1, 0.15) is 12.5 Å². The van der Waals surface area contributed by atoms with Crippen molar-refractivity contribution >= 4 is 26.0 Å². The van der Waals surface area contributed by atoms with Crippen LogP contribution >= 0.6 is 15.9 Å². The molecule has 6 heteroatoms. The van der Waals surface area contributed by atoms with Crippen LogP contribution < -0.4 is 0 Å². The molecule has 1 aliphatic rings. The van der Waals surface area contributed by atoms with Crippen molar-refractivity contribution in [2.24, 2.45) is 0 Å². The van der Waals surface area contributed by atoms with E-state index in [-0.39, 0.29) is 6.10 Å². The third-order valence-corrected chi connectivity index (χ3v) is 5.37. The van der Waals surface area contributed by atoms with E-state index in [0.29, 0.717) is 24.5 Å². The highest BCUT2D eigenvalue weighted by atomic mass is 79.9. The minimum Gasteiger partial charge on any atom is -0.372 e. The second kappa shape index (κ2) is 5.28. The van der Waals surface area contributed by atoms with Crippen molar-refractivity contribution in [2.75, 3.05) is 20.2 Å². The van der Waals surface area contributed by atoms with Gasteiger partial charge in [0, 0.05) is 18.1 Å². The summed E-state index contributed by atoms with van der Waals surface area (Å²) in [6.45, 7) is 3.02. The Morgan fingerprint density at radius 3 is 2.72 bits per heavy atom. The van der Waals surface area contributed by atoms with E-state index in [2.05, 4.69) is 15.9 Å². The van der Waals surface area contributed by atoms with Crippen LogP contribution in [-0.4, -0.2) is 39.0 Å². The second-order valence-corrected chi connectivity index (χ2v) is 7.28. The van der Waals surface area contributed by atoms with E-state index in [9.17, 15) is 8.42 Å². The Morgan fingerprint density at radius 2 is 2.17 bits per heavy atom. The highest BCUT2D eigenvalue weighted by Crippen LogP contribution is 2.25. The fourth-order valence-corrected chi connectivity index (χ4v) is 3.68. The van der Waals surface area contributed by atoms with Crippen LogP contribution in [-0.2, 0) is 21.2 Å². The minimum atomic E-state index is -3.42. The fourth-order valence-electron chi connectivity index (χ4n) is 1.80. The zero-order valence-electron chi connectivity index (χ0n) is 10.4. The van der Waals surface area contributed by atoms with Crippen molar-refractivity contribution in [1.29, 1.82) is 0 Å². The van der Waals surface area contributed by atoms with Crippen molar-refractivity contribution in [3.05, 3.63) is 28.2 Å². The highest BCUT2D eigenvalue weighted by Gasteiger charge is 2.31. The molecule has 0 bridgehead atoms. The molecule has 0 amide bonds. The molecule has 4 nitrogen and oxygen atoms in total. The Kier molecular flexibility index (Phi) is 4.11. The largest absolute Gasteiger partial charge is 0.372 e. The van der Waals surface area contributed by atoms with Gasteiger partial charge in [-0.1, -0.05) is 22.9 Å². The molecule has 0 N–H and O–H groups in total. The Bertz CT molecular complexity index is 540. The lowest BCUT2D eigenvalue weighted by Crippen LogP contribution is -2.31. The Hall–Kier alpha value is -0.430. The van der Waals surface area contributed by atoms with Crippen molar-refractivity contribution in [1.82, 2.24) is 4.31 Å². The average molecular weight is 334 g/mol. The third kappa shape index (κ3) is 2.93. The number of aryl methyl sites for hydroxylation is 1. The van der Waals surface area contributed by atoms with Crippen molar-refractivity contribution in [2.45, 2.75) is 24.3 Å². The molecule has 1 aromatic rings. The Labute approximate surface area is 116 Å². The molecule has 0 saturated carbocycles. The number of epoxide rings is 1. The molecule has 1 heterocycles. The first kappa shape index (κ1) is 14.0. The van der Waals surface area contributed by atoms with E-state index in [1.807, 2.05) is 13.0 Å². The first-order valence-corrected chi connectivity index (χ1v) is 8.05. The van der Waals surface area contributed by atoms with Crippen LogP contribution in [0.3, 0.4) is 0 Å². The molecule has 0 spiro atoms. The van der Waals surface area contributed by atoms with Gasteiger partial charge in [-0.3, -0.25) is 0 Å². The lowest BCUT2D eigenvalue weighted by molar-refractivity contribution is 0.359. The van der Waals surface area contributed by atoms with E-state index in [0.717, 1.165) is 10.0 Å². The summed E-state index contributed by atoms with van der Waals surface area (Å²) >= 11 is 3.36. The summed E-state index contributed by atoms with van der Waals surface area (Å²) in [5, 5.41) is 0. The van der Waals surface area contributed by atoms with Gasteiger partial charge in [0.25, 0.3) is 0 Å². The number of sulfonamides is 1. The van der Waals surface area contributed by atoms with Gasteiger partial charge in [0.2, 0.25) is 10.0 Å². The van der Waals surface area contributed by atoms with Gasteiger partial charge < -0.3 is 4.74 Å². The molecule has 1 saturated heterocycles. The maximum atomic E-state index is 12.4. The molecule has 2 rings (SSSR count). The summed E-state index contributed by atoms with van der Waals surface area (Å²) in [4.78, 5) is 0.386. The quantitative estimate of drug-likeness (QED) is 0.774. The number of likely N-dealkylation sites (N-methyl/N-ethyl adjacent to an activating group) is 1. The standard InChI is InChI=1S/C12H16BrNO3S/c1-3-9-6-10(13)4-5-12(9)18(15,16)14(2)7-11-8-17-11/h4-6,11H,3,7-8H2,1-2H3/t11-/m0/s1. The molecule has 1 atom stereocenters. The maximum Gasteiger partial charge on any atom is 0.243 e. The van der Waals surface area contributed by atoms with Gasteiger partial charge in [-0.25, -0.2) is 8.42 Å². The summed E-state index contributed by atoms with van der Waals surface area (Å²) in [7, 11) is -1.83. The monoisotopic (exact) mass is 333 g/mol. The summed E-state index contributed by atoms with van der Waals surface area (Å²) in [5.74, 6) is 0. The molecule has 0 aromatic heterocycles. The number of hydrogen-bond donors (Lipinski definition) is 0. The van der Waals surface area contributed by atoms with Crippen LogP contribution in [0.5, 0.6) is 0 Å².